The van der Waals surface area contributed by atoms with Crippen LogP contribution in [0.2, 0.25) is 0 Å². The van der Waals surface area contributed by atoms with E-state index in [0.29, 0.717) is 10.6 Å². The van der Waals surface area contributed by atoms with Crippen molar-refractivity contribution in [3.8, 4) is 11.1 Å². The molecule has 0 aliphatic heterocycles. The lowest BCUT2D eigenvalue weighted by Crippen LogP contribution is -2.15. The zero-order valence-electron chi connectivity index (χ0n) is 14.4. The standard InChI is InChI=1S/C21H19NO3S/c1-2-14-8-10-16(11-9-14)17-13-26-20(19(17)21(24)25)22-18(23)12-15-6-4-3-5-7-15/h3-11,13H,2,12H2,1H3,(H,22,23)(H,24,25). The first kappa shape index (κ1) is 17.9. The Bertz CT molecular complexity index is 914. The van der Waals surface area contributed by atoms with Gasteiger partial charge < -0.3 is 10.4 Å². The third kappa shape index (κ3) is 4.00. The van der Waals surface area contributed by atoms with E-state index in [4.69, 9.17) is 0 Å². The number of aryl methyl sites for hydroxylation is 1. The van der Waals surface area contributed by atoms with Gasteiger partial charge in [-0.25, -0.2) is 4.79 Å². The Kier molecular flexibility index (Phi) is 5.49. The molecule has 2 N–H and O–H groups in total. The highest BCUT2D eigenvalue weighted by atomic mass is 32.1. The molecule has 5 heteroatoms. The van der Waals surface area contributed by atoms with Crippen molar-refractivity contribution < 1.29 is 14.7 Å². The molecule has 0 atom stereocenters. The molecule has 3 rings (SSSR count). The number of anilines is 1. The van der Waals surface area contributed by atoms with Crippen molar-refractivity contribution in [2.75, 3.05) is 5.32 Å². The summed E-state index contributed by atoms with van der Waals surface area (Å²) in [4.78, 5) is 24.1. The highest BCUT2D eigenvalue weighted by molar-refractivity contribution is 7.15. The number of nitrogens with one attached hydrogen (secondary N) is 1. The SMILES string of the molecule is CCc1ccc(-c2csc(NC(=O)Cc3ccccc3)c2C(=O)O)cc1. The van der Waals surface area contributed by atoms with Crippen LogP contribution in [0.15, 0.2) is 60.0 Å². The van der Waals surface area contributed by atoms with Crippen LogP contribution in [0, 0.1) is 0 Å². The van der Waals surface area contributed by atoms with Crippen molar-refractivity contribution in [1.29, 1.82) is 0 Å². The average Bonchev–Trinajstić information content (AvgIpc) is 3.06. The molecule has 0 radical (unpaired) electrons. The molecule has 132 valence electrons. The predicted molar refractivity (Wildman–Crippen MR) is 105 cm³/mol. The lowest BCUT2D eigenvalue weighted by Gasteiger charge is -2.07. The lowest BCUT2D eigenvalue weighted by atomic mass is 10.0. The summed E-state index contributed by atoms with van der Waals surface area (Å²) in [7, 11) is 0. The molecule has 2 aromatic carbocycles. The summed E-state index contributed by atoms with van der Waals surface area (Å²) in [5.74, 6) is -1.27. The molecule has 1 aromatic heterocycles. The van der Waals surface area contributed by atoms with E-state index in [9.17, 15) is 14.7 Å². The number of amides is 1. The van der Waals surface area contributed by atoms with Crippen LogP contribution in [0.3, 0.4) is 0 Å². The first-order valence-electron chi connectivity index (χ1n) is 8.36. The summed E-state index contributed by atoms with van der Waals surface area (Å²) >= 11 is 1.24. The smallest absolute Gasteiger partial charge is 0.339 e. The van der Waals surface area contributed by atoms with Gasteiger partial charge in [0, 0.05) is 10.9 Å². The molecule has 0 unspecified atom stereocenters. The molecule has 0 aliphatic rings. The Balaban J connectivity index is 1.85. The van der Waals surface area contributed by atoms with Gasteiger partial charge in [-0.3, -0.25) is 4.79 Å². The van der Waals surface area contributed by atoms with Crippen molar-refractivity contribution in [2.24, 2.45) is 0 Å². The largest absolute Gasteiger partial charge is 0.478 e. The molecule has 1 heterocycles. The number of aromatic carboxylic acids is 1. The van der Waals surface area contributed by atoms with Crippen molar-refractivity contribution in [2.45, 2.75) is 19.8 Å². The Morgan fingerprint density at radius 3 is 2.31 bits per heavy atom. The van der Waals surface area contributed by atoms with Crippen molar-refractivity contribution in [3.63, 3.8) is 0 Å². The fourth-order valence-electron chi connectivity index (χ4n) is 2.75. The second-order valence-electron chi connectivity index (χ2n) is 5.92. The Hall–Kier alpha value is -2.92. The van der Waals surface area contributed by atoms with Crippen LogP contribution in [0.4, 0.5) is 5.00 Å². The highest BCUT2D eigenvalue weighted by Crippen LogP contribution is 2.35. The molecule has 0 bridgehead atoms. The summed E-state index contributed by atoms with van der Waals surface area (Å²) in [6, 6.07) is 17.2. The van der Waals surface area contributed by atoms with Gasteiger partial charge in [0.15, 0.2) is 0 Å². The van der Waals surface area contributed by atoms with Gasteiger partial charge in [0.1, 0.15) is 10.6 Å². The number of rotatable bonds is 6. The van der Waals surface area contributed by atoms with Crippen LogP contribution in [0.5, 0.6) is 0 Å². The van der Waals surface area contributed by atoms with E-state index in [1.54, 1.807) is 5.38 Å². The number of benzene rings is 2. The van der Waals surface area contributed by atoms with E-state index in [-0.39, 0.29) is 17.9 Å². The molecular weight excluding hydrogens is 346 g/mol. The van der Waals surface area contributed by atoms with Gasteiger partial charge in [-0.05, 0) is 23.1 Å². The minimum atomic E-state index is -1.05. The number of thiophene rings is 1. The highest BCUT2D eigenvalue weighted by Gasteiger charge is 2.21. The minimum absolute atomic E-state index is 0.140. The topological polar surface area (TPSA) is 66.4 Å². The molecule has 4 nitrogen and oxygen atoms in total. The first-order chi connectivity index (χ1) is 12.6. The molecule has 0 saturated carbocycles. The molecule has 0 aliphatic carbocycles. The van der Waals surface area contributed by atoms with Crippen LogP contribution in [0.1, 0.15) is 28.4 Å². The fraction of sp³-hybridized carbons (Fsp3) is 0.143. The van der Waals surface area contributed by atoms with E-state index in [2.05, 4.69) is 12.2 Å². The molecule has 0 fully saturated rings. The van der Waals surface area contributed by atoms with E-state index < -0.39 is 5.97 Å². The molecule has 26 heavy (non-hydrogen) atoms. The van der Waals surface area contributed by atoms with Gasteiger partial charge >= 0.3 is 5.97 Å². The van der Waals surface area contributed by atoms with E-state index in [1.165, 1.54) is 16.9 Å². The summed E-state index contributed by atoms with van der Waals surface area (Å²) in [6.07, 6.45) is 1.13. The normalized spacial score (nSPS) is 10.5. The van der Waals surface area contributed by atoms with E-state index in [0.717, 1.165) is 17.5 Å². The Morgan fingerprint density at radius 2 is 1.69 bits per heavy atom. The van der Waals surface area contributed by atoms with Crippen LogP contribution >= 0.6 is 11.3 Å². The Morgan fingerprint density at radius 1 is 1.00 bits per heavy atom. The van der Waals surface area contributed by atoms with Crippen LogP contribution in [0.25, 0.3) is 11.1 Å². The van der Waals surface area contributed by atoms with Crippen molar-refractivity contribution in [3.05, 3.63) is 76.7 Å². The number of carboxylic acids is 1. The maximum Gasteiger partial charge on any atom is 0.339 e. The lowest BCUT2D eigenvalue weighted by molar-refractivity contribution is -0.115. The second-order valence-corrected chi connectivity index (χ2v) is 6.80. The third-order valence-electron chi connectivity index (χ3n) is 4.14. The molecular formula is C21H19NO3S. The zero-order chi connectivity index (χ0) is 18.5. The third-order valence-corrected chi connectivity index (χ3v) is 5.03. The zero-order valence-corrected chi connectivity index (χ0v) is 15.2. The average molecular weight is 365 g/mol. The Labute approximate surface area is 156 Å². The van der Waals surface area contributed by atoms with Crippen LogP contribution in [-0.2, 0) is 17.6 Å². The van der Waals surface area contributed by atoms with Crippen LogP contribution < -0.4 is 5.32 Å². The molecule has 0 spiro atoms. The van der Waals surface area contributed by atoms with Crippen molar-refractivity contribution >= 4 is 28.2 Å². The quantitative estimate of drug-likeness (QED) is 0.656. The number of hydrogen-bond donors (Lipinski definition) is 2. The maximum atomic E-state index is 12.3. The van der Waals surface area contributed by atoms with Gasteiger partial charge in [-0.2, -0.15) is 0 Å². The van der Waals surface area contributed by atoms with Gasteiger partial charge in [0.2, 0.25) is 5.91 Å². The maximum absolute atomic E-state index is 12.3. The monoisotopic (exact) mass is 365 g/mol. The molecule has 3 aromatic rings. The number of carbonyl (C=O) groups is 2. The summed E-state index contributed by atoms with van der Waals surface area (Å²) < 4.78 is 0. The first-order valence-corrected chi connectivity index (χ1v) is 9.24. The summed E-state index contributed by atoms with van der Waals surface area (Å²) in [6.45, 7) is 2.07. The summed E-state index contributed by atoms with van der Waals surface area (Å²) in [5, 5.41) is 14.6. The van der Waals surface area contributed by atoms with Crippen LogP contribution in [-0.4, -0.2) is 17.0 Å². The molecule has 0 saturated heterocycles. The number of hydrogen-bond acceptors (Lipinski definition) is 3. The minimum Gasteiger partial charge on any atom is -0.478 e. The van der Waals surface area contributed by atoms with Gasteiger partial charge in [-0.15, -0.1) is 11.3 Å². The van der Waals surface area contributed by atoms with E-state index in [1.807, 2.05) is 54.6 Å². The van der Waals surface area contributed by atoms with Gasteiger partial charge in [0.25, 0.3) is 0 Å². The fourth-order valence-corrected chi connectivity index (χ4v) is 3.72. The van der Waals surface area contributed by atoms with Gasteiger partial charge in [-0.1, -0.05) is 61.5 Å². The number of carbonyl (C=O) groups excluding carboxylic acids is 1. The molecule has 1 amide bonds. The van der Waals surface area contributed by atoms with E-state index >= 15 is 0 Å². The number of carboxylic acid groups (broad SMARTS) is 1. The van der Waals surface area contributed by atoms with Crippen molar-refractivity contribution in [1.82, 2.24) is 0 Å². The summed E-state index contributed by atoms with van der Waals surface area (Å²) in [5.41, 5.74) is 3.67. The van der Waals surface area contributed by atoms with Gasteiger partial charge in [0.05, 0.1) is 6.42 Å². The predicted octanol–water partition coefficient (Wildman–Crippen LogP) is 4.86. The second kappa shape index (κ2) is 7.97.